The van der Waals surface area contributed by atoms with Gasteiger partial charge in [0.1, 0.15) is 0 Å². The van der Waals surface area contributed by atoms with Gasteiger partial charge in [0.15, 0.2) is 0 Å². The number of aryl methyl sites for hydroxylation is 2. The van der Waals surface area contributed by atoms with E-state index in [0.29, 0.717) is 12.2 Å². The summed E-state index contributed by atoms with van der Waals surface area (Å²) in [4.78, 5) is 18.7. The number of ether oxygens (including phenoxy) is 1. The smallest absolute Gasteiger partial charge is 0.340 e. The average Bonchev–Trinajstić information content (AvgIpc) is 2.35. The van der Waals surface area contributed by atoms with Crippen molar-refractivity contribution >= 4 is 5.97 Å². The van der Waals surface area contributed by atoms with E-state index in [4.69, 9.17) is 4.74 Å². The van der Waals surface area contributed by atoms with Crippen molar-refractivity contribution in [3.05, 3.63) is 28.6 Å². The summed E-state index contributed by atoms with van der Waals surface area (Å²) in [7, 11) is 0. The number of carbonyl (C=O) groups is 1. The second-order valence-corrected chi connectivity index (χ2v) is 4.57. The predicted octanol–water partition coefficient (Wildman–Crippen LogP) is 2.72. The van der Waals surface area contributed by atoms with Gasteiger partial charge >= 0.3 is 5.97 Å². The van der Waals surface area contributed by atoms with Crippen LogP contribution in [0.4, 0.5) is 0 Å². The van der Waals surface area contributed by atoms with E-state index in [1.807, 2.05) is 26.8 Å². The molecule has 1 rings (SSSR count). The van der Waals surface area contributed by atoms with Gasteiger partial charge in [-0.15, -0.1) is 0 Å². The highest BCUT2D eigenvalue weighted by Gasteiger charge is 2.18. The normalized spacial score (nSPS) is 10.8. The molecule has 1 aromatic heterocycles. The van der Waals surface area contributed by atoms with E-state index in [9.17, 15) is 4.79 Å². The molecule has 0 aliphatic carbocycles. The first kappa shape index (κ1) is 15.6. The molecule has 0 saturated carbocycles. The molecule has 0 aliphatic heterocycles. The highest BCUT2D eigenvalue weighted by molar-refractivity contribution is 5.92. The Hall–Kier alpha value is -1.42. The summed E-state index contributed by atoms with van der Waals surface area (Å²) >= 11 is 0. The summed E-state index contributed by atoms with van der Waals surface area (Å²) in [6.45, 7) is 12.9. The van der Waals surface area contributed by atoms with Crippen molar-refractivity contribution in [2.45, 2.75) is 41.2 Å². The van der Waals surface area contributed by atoms with Gasteiger partial charge in [-0.2, -0.15) is 0 Å². The topological polar surface area (TPSA) is 42.4 Å². The van der Waals surface area contributed by atoms with Gasteiger partial charge in [0.2, 0.25) is 0 Å². The Labute approximate surface area is 115 Å². The Morgan fingerprint density at radius 3 is 2.42 bits per heavy atom. The zero-order chi connectivity index (χ0) is 14.4. The van der Waals surface area contributed by atoms with Crippen molar-refractivity contribution in [1.29, 1.82) is 0 Å². The van der Waals surface area contributed by atoms with Gasteiger partial charge in [0, 0.05) is 12.2 Å². The van der Waals surface area contributed by atoms with Gasteiger partial charge in [-0.05, 0) is 45.5 Å². The minimum atomic E-state index is -0.269. The van der Waals surface area contributed by atoms with Gasteiger partial charge < -0.3 is 4.74 Å². The highest BCUT2D eigenvalue weighted by atomic mass is 16.5. The van der Waals surface area contributed by atoms with Crippen LogP contribution in [0, 0.1) is 13.8 Å². The van der Waals surface area contributed by atoms with Crippen LogP contribution < -0.4 is 0 Å². The van der Waals surface area contributed by atoms with E-state index in [1.165, 1.54) is 0 Å². The number of nitrogens with zero attached hydrogens (tertiary/aromatic N) is 2. The fourth-order valence-corrected chi connectivity index (χ4v) is 2.20. The number of hydrogen-bond donors (Lipinski definition) is 0. The molecular weight excluding hydrogens is 240 g/mol. The summed E-state index contributed by atoms with van der Waals surface area (Å²) in [6, 6.07) is 1.98. The number of carbonyl (C=O) groups excluding carboxylic acids is 1. The van der Waals surface area contributed by atoms with Crippen LogP contribution >= 0.6 is 0 Å². The number of aromatic nitrogens is 1. The van der Waals surface area contributed by atoms with Crippen LogP contribution in [0.25, 0.3) is 0 Å². The van der Waals surface area contributed by atoms with Crippen LogP contribution in [0.1, 0.15) is 48.1 Å². The number of hydrogen-bond acceptors (Lipinski definition) is 4. The molecular formula is C15H24N2O2. The van der Waals surface area contributed by atoms with E-state index in [1.54, 1.807) is 0 Å². The van der Waals surface area contributed by atoms with Crippen LogP contribution in [0.3, 0.4) is 0 Å². The molecule has 0 amide bonds. The first-order valence-corrected chi connectivity index (χ1v) is 6.90. The van der Waals surface area contributed by atoms with Crippen molar-refractivity contribution in [3.63, 3.8) is 0 Å². The van der Waals surface area contributed by atoms with Crippen LogP contribution in [0.5, 0.6) is 0 Å². The Kier molecular flexibility index (Phi) is 5.96. The minimum Gasteiger partial charge on any atom is -0.462 e. The van der Waals surface area contributed by atoms with Crippen molar-refractivity contribution in [2.75, 3.05) is 19.7 Å². The lowest BCUT2D eigenvalue weighted by atomic mass is 10.0. The summed E-state index contributed by atoms with van der Waals surface area (Å²) < 4.78 is 5.14. The Balaban J connectivity index is 3.16. The van der Waals surface area contributed by atoms with Crippen LogP contribution in [0.15, 0.2) is 6.07 Å². The molecule has 0 bridgehead atoms. The van der Waals surface area contributed by atoms with Gasteiger partial charge in [-0.3, -0.25) is 9.88 Å². The molecule has 19 heavy (non-hydrogen) atoms. The quantitative estimate of drug-likeness (QED) is 0.741. The van der Waals surface area contributed by atoms with Crippen molar-refractivity contribution < 1.29 is 9.53 Å². The Bertz CT molecular complexity index is 440. The fraction of sp³-hybridized carbons (Fsp3) is 0.600. The van der Waals surface area contributed by atoms with Gasteiger partial charge in [0.05, 0.1) is 17.9 Å². The van der Waals surface area contributed by atoms with E-state index >= 15 is 0 Å². The number of esters is 1. The lowest BCUT2D eigenvalue weighted by molar-refractivity contribution is 0.0522. The predicted molar refractivity (Wildman–Crippen MR) is 76.3 cm³/mol. The van der Waals surface area contributed by atoms with Crippen LogP contribution in [-0.2, 0) is 11.3 Å². The van der Waals surface area contributed by atoms with Crippen molar-refractivity contribution in [2.24, 2.45) is 0 Å². The highest BCUT2D eigenvalue weighted by Crippen LogP contribution is 2.17. The third-order valence-electron chi connectivity index (χ3n) is 3.18. The molecule has 0 unspecified atom stereocenters. The van der Waals surface area contributed by atoms with E-state index in [-0.39, 0.29) is 5.97 Å². The lowest BCUT2D eigenvalue weighted by Crippen LogP contribution is -2.24. The monoisotopic (exact) mass is 264 g/mol. The first-order valence-electron chi connectivity index (χ1n) is 6.90. The van der Waals surface area contributed by atoms with Crippen molar-refractivity contribution in [1.82, 2.24) is 9.88 Å². The first-order chi connectivity index (χ1) is 9.03. The summed E-state index contributed by atoms with van der Waals surface area (Å²) in [5, 5.41) is 0. The number of pyridine rings is 1. The summed E-state index contributed by atoms with van der Waals surface area (Å²) in [6.07, 6.45) is 0. The van der Waals surface area contributed by atoms with Crippen LogP contribution in [-0.4, -0.2) is 35.5 Å². The molecule has 4 nitrogen and oxygen atoms in total. The zero-order valence-electron chi connectivity index (χ0n) is 12.6. The second-order valence-electron chi connectivity index (χ2n) is 4.57. The van der Waals surface area contributed by atoms with Gasteiger partial charge in [-0.25, -0.2) is 4.79 Å². The minimum absolute atomic E-state index is 0.269. The maximum absolute atomic E-state index is 12.1. The molecule has 0 N–H and O–H groups in total. The molecule has 0 aromatic carbocycles. The largest absolute Gasteiger partial charge is 0.462 e. The summed E-state index contributed by atoms with van der Waals surface area (Å²) in [5.41, 5.74) is 3.32. The summed E-state index contributed by atoms with van der Waals surface area (Å²) in [5.74, 6) is -0.269. The van der Waals surface area contributed by atoms with Gasteiger partial charge in [-0.1, -0.05) is 13.8 Å². The molecule has 0 saturated heterocycles. The Morgan fingerprint density at radius 2 is 1.89 bits per heavy atom. The standard InChI is InChI=1S/C15H24N2O2/c1-6-17(7-2)10-13-9-11(4)16-12(5)14(13)15(18)19-8-3/h9H,6-8,10H2,1-5H3. The molecule has 0 atom stereocenters. The maximum atomic E-state index is 12.1. The lowest BCUT2D eigenvalue weighted by Gasteiger charge is -2.20. The van der Waals surface area contributed by atoms with Crippen molar-refractivity contribution in [3.8, 4) is 0 Å². The number of rotatable bonds is 6. The SMILES string of the molecule is CCOC(=O)c1c(CN(CC)CC)cc(C)nc1C. The third kappa shape index (κ3) is 4.03. The molecule has 0 radical (unpaired) electrons. The third-order valence-corrected chi connectivity index (χ3v) is 3.18. The van der Waals surface area contributed by atoms with E-state index in [0.717, 1.165) is 36.6 Å². The molecule has 4 heteroatoms. The average molecular weight is 264 g/mol. The molecule has 1 heterocycles. The van der Waals surface area contributed by atoms with Gasteiger partial charge in [0.25, 0.3) is 0 Å². The molecule has 1 aromatic rings. The Morgan fingerprint density at radius 1 is 1.26 bits per heavy atom. The van der Waals surface area contributed by atoms with E-state index < -0.39 is 0 Å². The second kappa shape index (κ2) is 7.24. The molecule has 106 valence electrons. The molecule has 0 aliphatic rings. The fourth-order valence-electron chi connectivity index (χ4n) is 2.20. The zero-order valence-corrected chi connectivity index (χ0v) is 12.6. The maximum Gasteiger partial charge on any atom is 0.340 e. The van der Waals surface area contributed by atoms with E-state index in [2.05, 4.69) is 23.7 Å². The molecule has 0 fully saturated rings. The van der Waals surface area contributed by atoms with Crippen LogP contribution in [0.2, 0.25) is 0 Å². The molecule has 0 spiro atoms.